The van der Waals surface area contributed by atoms with Gasteiger partial charge in [-0.3, -0.25) is 4.79 Å². The van der Waals surface area contributed by atoms with Crippen molar-refractivity contribution in [1.29, 1.82) is 0 Å². The molecule has 2 unspecified atom stereocenters. The Morgan fingerprint density at radius 2 is 2.38 bits per heavy atom. The molecule has 3 N–H and O–H groups in total. The van der Waals surface area contributed by atoms with E-state index < -0.39 is 17.6 Å². The molecule has 0 spiro atoms. The third-order valence-corrected chi connectivity index (χ3v) is 2.90. The van der Waals surface area contributed by atoms with Crippen LogP contribution in [0, 0.1) is 0 Å². The molecule has 0 bridgehead atoms. The van der Waals surface area contributed by atoms with Crippen molar-refractivity contribution in [3.8, 4) is 0 Å². The maximum atomic E-state index is 10.9. The van der Waals surface area contributed by atoms with E-state index in [9.17, 15) is 9.90 Å². The van der Waals surface area contributed by atoms with Gasteiger partial charge in [-0.05, 0) is 6.42 Å². The van der Waals surface area contributed by atoms with Crippen LogP contribution in [0.5, 0.6) is 0 Å². The number of carbonyl (C=O) groups is 1. The Balaban J connectivity index is 2.34. The lowest BCUT2D eigenvalue weighted by Gasteiger charge is -2.23. The highest BCUT2D eigenvalue weighted by atomic mass is 16.5. The molecule has 16 heavy (non-hydrogen) atoms. The fraction of sp³-hybridized carbons (Fsp3) is 0.909. The van der Waals surface area contributed by atoms with E-state index in [4.69, 9.17) is 9.84 Å². The van der Waals surface area contributed by atoms with Crippen LogP contribution in [0.15, 0.2) is 0 Å². The van der Waals surface area contributed by atoms with E-state index in [2.05, 4.69) is 5.32 Å². The second-order valence-electron chi connectivity index (χ2n) is 4.44. The molecule has 1 rings (SSSR count). The van der Waals surface area contributed by atoms with Gasteiger partial charge in [0.25, 0.3) is 0 Å². The largest absolute Gasteiger partial charge is 0.480 e. The third-order valence-electron chi connectivity index (χ3n) is 2.90. The minimum absolute atomic E-state index is 0.285. The predicted octanol–water partition coefficient (Wildman–Crippen LogP) is 0.371. The van der Waals surface area contributed by atoms with Crippen molar-refractivity contribution in [3.63, 3.8) is 0 Å². The molecular weight excluding hydrogens is 210 g/mol. The molecule has 94 valence electrons. The maximum absolute atomic E-state index is 10.9. The molecule has 1 aliphatic heterocycles. The van der Waals surface area contributed by atoms with Gasteiger partial charge in [-0.1, -0.05) is 19.8 Å². The summed E-state index contributed by atoms with van der Waals surface area (Å²) in [6.07, 6.45) is 3.01. The first-order valence-electron chi connectivity index (χ1n) is 5.84. The number of aliphatic hydroxyl groups is 1. The zero-order chi connectivity index (χ0) is 12.0. The van der Waals surface area contributed by atoms with Crippen LogP contribution in [0.25, 0.3) is 0 Å². The molecule has 1 saturated heterocycles. The molecule has 0 aliphatic carbocycles. The van der Waals surface area contributed by atoms with Gasteiger partial charge in [0.15, 0.2) is 0 Å². The van der Waals surface area contributed by atoms with Gasteiger partial charge in [0.1, 0.15) is 11.6 Å². The Hall–Kier alpha value is -0.650. The van der Waals surface area contributed by atoms with Crippen LogP contribution in [0.3, 0.4) is 0 Å². The monoisotopic (exact) mass is 231 g/mol. The quantitative estimate of drug-likeness (QED) is 0.590. The molecule has 1 aliphatic rings. The highest BCUT2D eigenvalue weighted by Crippen LogP contribution is 2.17. The van der Waals surface area contributed by atoms with E-state index in [1.807, 2.05) is 6.92 Å². The first kappa shape index (κ1) is 13.4. The number of hydrogen-bond donors (Lipinski definition) is 3. The summed E-state index contributed by atoms with van der Waals surface area (Å²) < 4.78 is 5.10. The van der Waals surface area contributed by atoms with E-state index in [1.165, 1.54) is 0 Å². The van der Waals surface area contributed by atoms with Crippen molar-refractivity contribution in [2.24, 2.45) is 0 Å². The molecule has 5 nitrogen and oxygen atoms in total. The van der Waals surface area contributed by atoms with Gasteiger partial charge >= 0.3 is 5.97 Å². The summed E-state index contributed by atoms with van der Waals surface area (Å²) in [5, 5.41) is 21.9. The van der Waals surface area contributed by atoms with E-state index in [1.54, 1.807) is 0 Å². The van der Waals surface area contributed by atoms with Crippen molar-refractivity contribution >= 4 is 5.97 Å². The van der Waals surface area contributed by atoms with Crippen molar-refractivity contribution in [2.75, 3.05) is 19.8 Å². The number of nitrogens with one attached hydrogen (secondary N) is 1. The molecule has 0 saturated carbocycles. The third kappa shape index (κ3) is 4.08. The average Bonchev–Trinajstić information content (AvgIpc) is 2.65. The molecule has 0 radical (unpaired) electrons. The number of carboxylic acid groups (broad SMARTS) is 1. The first-order valence-corrected chi connectivity index (χ1v) is 5.84. The SMILES string of the molecule is CCCCC(NCC1(O)CCOC1)C(=O)O. The first-order chi connectivity index (χ1) is 7.57. The molecular formula is C11H21NO4. The number of aliphatic carboxylic acids is 1. The van der Waals surface area contributed by atoms with Gasteiger partial charge in [0.2, 0.25) is 0 Å². The minimum Gasteiger partial charge on any atom is -0.480 e. The normalized spacial score (nSPS) is 26.9. The molecule has 0 aromatic carbocycles. The van der Waals surface area contributed by atoms with Crippen molar-refractivity contribution < 1.29 is 19.7 Å². The van der Waals surface area contributed by atoms with Crippen molar-refractivity contribution in [2.45, 2.75) is 44.2 Å². The zero-order valence-corrected chi connectivity index (χ0v) is 9.74. The lowest BCUT2D eigenvalue weighted by molar-refractivity contribution is -0.140. The number of rotatable bonds is 7. The highest BCUT2D eigenvalue weighted by Gasteiger charge is 2.33. The summed E-state index contributed by atoms with van der Waals surface area (Å²) in [6, 6.07) is -0.565. The number of carboxylic acids is 1. The number of ether oxygens (including phenoxy) is 1. The van der Waals surface area contributed by atoms with Gasteiger partial charge in [-0.25, -0.2) is 0 Å². The standard InChI is InChI=1S/C11H21NO4/c1-2-3-4-9(10(13)14)12-7-11(15)5-6-16-8-11/h9,12,15H,2-8H2,1H3,(H,13,14). The van der Waals surface area contributed by atoms with Crippen molar-refractivity contribution in [1.82, 2.24) is 5.32 Å². The van der Waals surface area contributed by atoms with E-state index in [0.717, 1.165) is 12.8 Å². The molecule has 2 atom stereocenters. The fourth-order valence-electron chi connectivity index (χ4n) is 1.77. The number of unbranched alkanes of at least 4 members (excludes halogenated alkanes) is 1. The predicted molar refractivity (Wildman–Crippen MR) is 59.3 cm³/mol. The second kappa shape index (κ2) is 6.18. The van der Waals surface area contributed by atoms with Crippen LogP contribution in [0.2, 0.25) is 0 Å². The summed E-state index contributed by atoms with van der Waals surface area (Å²) in [4.78, 5) is 10.9. The van der Waals surface area contributed by atoms with Gasteiger partial charge in [-0.15, -0.1) is 0 Å². The summed E-state index contributed by atoms with van der Waals surface area (Å²) in [6.45, 7) is 3.15. The van der Waals surface area contributed by atoms with E-state index >= 15 is 0 Å². The maximum Gasteiger partial charge on any atom is 0.320 e. The highest BCUT2D eigenvalue weighted by molar-refractivity contribution is 5.73. The molecule has 0 aromatic heterocycles. The van der Waals surface area contributed by atoms with Crippen LogP contribution in [-0.2, 0) is 9.53 Å². The van der Waals surface area contributed by atoms with Crippen LogP contribution >= 0.6 is 0 Å². The number of hydrogen-bond acceptors (Lipinski definition) is 4. The van der Waals surface area contributed by atoms with Gasteiger partial charge in [0, 0.05) is 19.6 Å². The minimum atomic E-state index is -0.889. The molecule has 1 heterocycles. The van der Waals surface area contributed by atoms with Crippen LogP contribution in [0.1, 0.15) is 32.6 Å². The Bertz CT molecular complexity index is 226. The smallest absolute Gasteiger partial charge is 0.320 e. The fourth-order valence-corrected chi connectivity index (χ4v) is 1.77. The Morgan fingerprint density at radius 3 is 2.88 bits per heavy atom. The van der Waals surface area contributed by atoms with E-state index in [0.29, 0.717) is 26.1 Å². The summed E-state index contributed by atoms with van der Waals surface area (Å²) in [5.41, 5.74) is -0.889. The van der Waals surface area contributed by atoms with Gasteiger partial charge in [-0.2, -0.15) is 0 Å². The summed E-state index contributed by atoms with van der Waals surface area (Å²) in [5.74, 6) is -0.851. The Kier molecular flexibility index (Phi) is 5.18. The Labute approximate surface area is 95.8 Å². The Morgan fingerprint density at radius 1 is 1.62 bits per heavy atom. The zero-order valence-electron chi connectivity index (χ0n) is 9.74. The molecule has 0 amide bonds. The van der Waals surface area contributed by atoms with Gasteiger partial charge in [0.05, 0.1) is 6.61 Å². The van der Waals surface area contributed by atoms with Crippen molar-refractivity contribution in [3.05, 3.63) is 0 Å². The van der Waals surface area contributed by atoms with Crippen LogP contribution in [0.4, 0.5) is 0 Å². The lowest BCUT2D eigenvalue weighted by atomic mass is 10.0. The lowest BCUT2D eigenvalue weighted by Crippen LogP contribution is -2.47. The summed E-state index contributed by atoms with van der Waals surface area (Å²) >= 11 is 0. The molecule has 0 aromatic rings. The van der Waals surface area contributed by atoms with E-state index in [-0.39, 0.29) is 6.54 Å². The summed E-state index contributed by atoms with van der Waals surface area (Å²) in [7, 11) is 0. The van der Waals surface area contributed by atoms with Crippen LogP contribution < -0.4 is 5.32 Å². The average molecular weight is 231 g/mol. The molecule has 1 fully saturated rings. The topological polar surface area (TPSA) is 78.8 Å². The molecule has 5 heteroatoms. The van der Waals surface area contributed by atoms with Gasteiger partial charge < -0.3 is 20.3 Å². The second-order valence-corrected chi connectivity index (χ2v) is 4.44. The van der Waals surface area contributed by atoms with Crippen LogP contribution in [-0.4, -0.2) is 47.6 Å².